The van der Waals surface area contributed by atoms with Gasteiger partial charge in [-0.05, 0) is 42.0 Å². The number of hydrogen-bond acceptors (Lipinski definition) is 8. The molecule has 6 nitrogen and oxygen atoms in total. The summed E-state index contributed by atoms with van der Waals surface area (Å²) in [5.41, 5.74) is 2.97. The van der Waals surface area contributed by atoms with E-state index in [1.165, 1.54) is 16.9 Å². The van der Waals surface area contributed by atoms with Crippen LogP contribution in [0.2, 0.25) is 0 Å². The van der Waals surface area contributed by atoms with Crippen LogP contribution in [-0.2, 0) is 12.4 Å². The van der Waals surface area contributed by atoms with Crippen LogP contribution in [0.3, 0.4) is 0 Å². The summed E-state index contributed by atoms with van der Waals surface area (Å²) >= 11 is 3.17. The summed E-state index contributed by atoms with van der Waals surface area (Å²) in [7, 11) is 1.65. The first-order valence-electron chi connectivity index (χ1n) is 9.28. The average Bonchev–Trinajstić information content (AvgIpc) is 3.25. The molecule has 0 atom stereocenters. The smallest absolute Gasteiger partial charge is 0.210 e. The van der Waals surface area contributed by atoms with Crippen LogP contribution in [0.1, 0.15) is 11.3 Å². The van der Waals surface area contributed by atoms with E-state index in [0.29, 0.717) is 6.61 Å². The van der Waals surface area contributed by atoms with Gasteiger partial charge in [0.1, 0.15) is 18.1 Å². The van der Waals surface area contributed by atoms with Gasteiger partial charge in [-0.15, -0.1) is 10.2 Å². The molecule has 0 amide bonds. The maximum atomic E-state index is 5.78. The van der Waals surface area contributed by atoms with Crippen molar-refractivity contribution in [2.24, 2.45) is 0 Å². The molecule has 152 valence electrons. The fraction of sp³-hybridized carbons (Fsp3) is 0.136. The maximum Gasteiger partial charge on any atom is 0.210 e. The summed E-state index contributed by atoms with van der Waals surface area (Å²) in [4.78, 5) is 4.26. The first kappa shape index (κ1) is 20.2. The molecule has 0 aliphatic rings. The highest BCUT2D eigenvalue weighted by Crippen LogP contribution is 2.32. The van der Waals surface area contributed by atoms with Crippen molar-refractivity contribution in [2.45, 2.75) is 16.7 Å². The highest BCUT2D eigenvalue weighted by atomic mass is 32.2. The van der Waals surface area contributed by atoms with Crippen LogP contribution in [0.4, 0.5) is 10.8 Å². The zero-order valence-electron chi connectivity index (χ0n) is 16.3. The number of nitrogens with one attached hydrogen (secondary N) is 1. The Morgan fingerprint density at radius 3 is 2.60 bits per heavy atom. The summed E-state index contributed by atoms with van der Waals surface area (Å²) in [6.45, 7) is 0.460. The molecule has 4 rings (SSSR count). The monoisotopic (exact) mass is 436 g/mol. The number of methoxy groups -OCH3 is 1. The predicted molar refractivity (Wildman–Crippen MR) is 121 cm³/mol. The number of thioether (sulfide) groups is 1. The number of anilines is 2. The fourth-order valence-corrected chi connectivity index (χ4v) is 4.37. The van der Waals surface area contributed by atoms with Crippen molar-refractivity contribution in [2.75, 3.05) is 12.4 Å². The van der Waals surface area contributed by atoms with Crippen molar-refractivity contribution in [3.05, 3.63) is 84.2 Å². The van der Waals surface area contributed by atoms with Gasteiger partial charge in [0.15, 0.2) is 4.34 Å². The SMILES string of the molecule is COc1ccccc1Nc1nnc(SCc2ccc(OCc3ccccn3)cc2)s1. The van der Waals surface area contributed by atoms with E-state index >= 15 is 0 Å². The number of rotatable bonds is 9. The quantitative estimate of drug-likeness (QED) is 0.345. The van der Waals surface area contributed by atoms with E-state index in [4.69, 9.17) is 9.47 Å². The highest BCUT2D eigenvalue weighted by Gasteiger charge is 2.08. The van der Waals surface area contributed by atoms with Crippen molar-refractivity contribution in [1.29, 1.82) is 0 Å². The topological polar surface area (TPSA) is 69.2 Å². The molecule has 2 heterocycles. The van der Waals surface area contributed by atoms with Gasteiger partial charge in [0, 0.05) is 11.9 Å². The minimum Gasteiger partial charge on any atom is -0.495 e. The van der Waals surface area contributed by atoms with Crippen LogP contribution < -0.4 is 14.8 Å². The number of benzene rings is 2. The Labute approximate surface area is 183 Å². The van der Waals surface area contributed by atoms with Crippen LogP contribution in [0.25, 0.3) is 0 Å². The lowest BCUT2D eigenvalue weighted by Crippen LogP contribution is -1.97. The standard InChI is InChI=1S/C22H20N4O2S2/c1-27-20-8-3-2-7-19(20)24-21-25-26-22(30-21)29-15-16-9-11-18(12-10-16)28-14-17-6-4-5-13-23-17/h2-13H,14-15H2,1H3,(H,24,25). The van der Waals surface area contributed by atoms with E-state index in [9.17, 15) is 0 Å². The molecule has 0 bridgehead atoms. The Kier molecular flexibility index (Phi) is 6.79. The van der Waals surface area contributed by atoms with Crippen molar-refractivity contribution in [3.63, 3.8) is 0 Å². The molecule has 0 aliphatic heterocycles. The fourth-order valence-electron chi connectivity index (χ4n) is 2.65. The van der Waals surface area contributed by atoms with E-state index in [-0.39, 0.29) is 0 Å². The molecule has 8 heteroatoms. The van der Waals surface area contributed by atoms with Gasteiger partial charge < -0.3 is 14.8 Å². The summed E-state index contributed by atoms with van der Waals surface area (Å²) in [6, 6.07) is 21.6. The van der Waals surface area contributed by atoms with Crippen molar-refractivity contribution < 1.29 is 9.47 Å². The number of ether oxygens (including phenoxy) is 2. The third kappa shape index (κ3) is 5.49. The molecule has 0 aliphatic carbocycles. The lowest BCUT2D eigenvalue weighted by Gasteiger charge is -2.07. The van der Waals surface area contributed by atoms with Gasteiger partial charge in [0.25, 0.3) is 0 Å². The molecule has 0 fully saturated rings. The largest absolute Gasteiger partial charge is 0.495 e. The van der Waals surface area contributed by atoms with Crippen molar-refractivity contribution in [3.8, 4) is 11.5 Å². The van der Waals surface area contributed by atoms with E-state index in [1.807, 2.05) is 54.6 Å². The van der Waals surface area contributed by atoms with Gasteiger partial charge >= 0.3 is 0 Å². The van der Waals surface area contributed by atoms with Gasteiger partial charge in [0.2, 0.25) is 5.13 Å². The van der Waals surface area contributed by atoms with Crippen molar-refractivity contribution in [1.82, 2.24) is 15.2 Å². The summed E-state index contributed by atoms with van der Waals surface area (Å²) < 4.78 is 12.0. The Hall–Kier alpha value is -3.10. The number of para-hydroxylation sites is 2. The van der Waals surface area contributed by atoms with Crippen molar-refractivity contribution >= 4 is 33.9 Å². The third-order valence-corrected chi connectivity index (χ3v) is 6.20. The molecule has 2 aromatic heterocycles. The first-order valence-corrected chi connectivity index (χ1v) is 11.1. The number of nitrogens with zero attached hydrogens (tertiary/aromatic N) is 3. The Morgan fingerprint density at radius 2 is 1.80 bits per heavy atom. The molecule has 2 aromatic carbocycles. The van der Waals surface area contributed by atoms with Crippen LogP contribution in [0.15, 0.2) is 77.3 Å². The molecule has 0 radical (unpaired) electrons. The Morgan fingerprint density at radius 1 is 0.967 bits per heavy atom. The second-order valence-electron chi connectivity index (χ2n) is 6.24. The molecule has 0 spiro atoms. The normalized spacial score (nSPS) is 10.6. The molecular weight excluding hydrogens is 416 g/mol. The zero-order valence-corrected chi connectivity index (χ0v) is 18.0. The third-order valence-electron chi connectivity index (χ3n) is 4.15. The molecule has 30 heavy (non-hydrogen) atoms. The summed E-state index contributed by atoms with van der Waals surface area (Å²) in [6.07, 6.45) is 1.77. The zero-order chi connectivity index (χ0) is 20.6. The highest BCUT2D eigenvalue weighted by molar-refractivity contribution is 8.00. The Balaban J connectivity index is 1.28. The van der Waals surface area contributed by atoms with Gasteiger partial charge in [-0.25, -0.2) is 0 Å². The van der Waals surface area contributed by atoms with Gasteiger partial charge in [-0.3, -0.25) is 4.98 Å². The lowest BCUT2D eigenvalue weighted by molar-refractivity contribution is 0.301. The van der Waals surface area contributed by atoms with Crippen LogP contribution >= 0.6 is 23.1 Å². The van der Waals surface area contributed by atoms with Crippen LogP contribution in [-0.4, -0.2) is 22.3 Å². The molecule has 0 saturated heterocycles. The second kappa shape index (κ2) is 10.1. The van der Waals surface area contributed by atoms with Gasteiger partial charge in [-0.1, -0.05) is 53.4 Å². The second-order valence-corrected chi connectivity index (χ2v) is 8.44. The van der Waals surface area contributed by atoms with E-state index < -0.39 is 0 Å². The number of aromatic nitrogens is 3. The predicted octanol–water partition coefficient (Wildman–Crippen LogP) is 5.56. The van der Waals surface area contributed by atoms with Gasteiger partial charge in [-0.2, -0.15) is 0 Å². The van der Waals surface area contributed by atoms with Crippen LogP contribution in [0, 0.1) is 0 Å². The van der Waals surface area contributed by atoms with E-state index in [1.54, 1.807) is 25.1 Å². The molecule has 1 N–H and O–H groups in total. The minimum absolute atomic E-state index is 0.460. The van der Waals surface area contributed by atoms with Gasteiger partial charge in [0.05, 0.1) is 18.5 Å². The summed E-state index contributed by atoms with van der Waals surface area (Å²) in [5, 5.41) is 12.5. The molecule has 4 aromatic rings. The summed E-state index contributed by atoms with van der Waals surface area (Å²) in [5.74, 6) is 2.41. The molecule has 0 saturated carbocycles. The number of pyridine rings is 1. The molecular formula is C22H20N4O2S2. The lowest BCUT2D eigenvalue weighted by atomic mass is 10.2. The Bertz CT molecular complexity index is 1070. The van der Waals surface area contributed by atoms with Crippen LogP contribution in [0.5, 0.6) is 11.5 Å². The minimum atomic E-state index is 0.460. The maximum absolute atomic E-state index is 5.78. The molecule has 0 unspecified atom stereocenters. The van der Waals surface area contributed by atoms with E-state index in [0.717, 1.165) is 38.1 Å². The first-order chi connectivity index (χ1) is 14.8. The number of hydrogen-bond donors (Lipinski definition) is 1. The van der Waals surface area contributed by atoms with E-state index in [2.05, 4.69) is 32.6 Å². The average molecular weight is 437 g/mol.